The minimum absolute atomic E-state index is 0.0314. The standard InChI is InChI=1S/C20H28N2O3/c1-22(13-17(23)14-8-9-14)19(24)21-16-12-20(10-4-5-11-20)25-18-7-3-2-6-15(16)18/h2-3,6-7,14,16-17,23H,4-5,8-13H2,1H3,(H,21,24). The van der Waals surface area contributed by atoms with Gasteiger partial charge in [-0.1, -0.05) is 18.2 Å². The maximum atomic E-state index is 12.7. The summed E-state index contributed by atoms with van der Waals surface area (Å²) in [7, 11) is 1.76. The smallest absolute Gasteiger partial charge is 0.317 e. The van der Waals surface area contributed by atoms with Gasteiger partial charge in [-0.3, -0.25) is 0 Å². The summed E-state index contributed by atoms with van der Waals surface area (Å²) in [5, 5.41) is 13.3. The summed E-state index contributed by atoms with van der Waals surface area (Å²) >= 11 is 0. The van der Waals surface area contributed by atoms with Gasteiger partial charge < -0.3 is 20.1 Å². The van der Waals surface area contributed by atoms with Crippen molar-refractivity contribution in [2.24, 2.45) is 5.92 Å². The number of hydrogen-bond donors (Lipinski definition) is 2. The Kier molecular flexibility index (Phi) is 4.36. The molecule has 1 heterocycles. The average molecular weight is 344 g/mol. The second-order valence-corrected chi connectivity index (χ2v) is 8.02. The number of hydrogen-bond acceptors (Lipinski definition) is 3. The number of fused-ring (bicyclic) bond motifs is 1. The van der Waals surface area contributed by atoms with Crippen LogP contribution in [0.2, 0.25) is 0 Å². The van der Waals surface area contributed by atoms with Gasteiger partial charge in [-0.05, 0) is 50.5 Å². The summed E-state index contributed by atoms with van der Waals surface area (Å²) in [4.78, 5) is 14.3. The fraction of sp³-hybridized carbons (Fsp3) is 0.650. The largest absolute Gasteiger partial charge is 0.487 e. The third-order valence-corrected chi connectivity index (χ3v) is 5.98. The highest BCUT2D eigenvalue weighted by atomic mass is 16.5. The van der Waals surface area contributed by atoms with Gasteiger partial charge >= 0.3 is 6.03 Å². The zero-order valence-electron chi connectivity index (χ0n) is 14.9. The number of rotatable bonds is 4. The normalized spacial score (nSPS) is 25.1. The number of aliphatic hydroxyl groups is 1. The molecule has 2 N–H and O–H groups in total. The molecular weight excluding hydrogens is 316 g/mol. The third kappa shape index (κ3) is 3.47. The number of nitrogens with one attached hydrogen (secondary N) is 1. The van der Waals surface area contributed by atoms with Crippen molar-refractivity contribution < 1.29 is 14.6 Å². The second kappa shape index (κ2) is 6.52. The lowest BCUT2D eigenvalue weighted by Crippen LogP contribution is -2.47. The van der Waals surface area contributed by atoms with E-state index in [0.29, 0.717) is 12.5 Å². The zero-order chi connectivity index (χ0) is 17.4. The average Bonchev–Trinajstić information content (AvgIpc) is 3.37. The number of likely N-dealkylation sites (N-methyl/N-ethyl adjacent to an activating group) is 1. The number of carbonyl (C=O) groups excluding carboxylic acids is 1. The molecule has 136 valence electrons. The number of benzene rings is 1. The summed E-state index contributed by atoms with van der Waals surface area (Å²) in [5.74, 6) is 1.28. The van der Waals surface area contributed by atoms with Gasteiger partial charge in [0.15, 0.2) is 0 Å². The Balaban J connectivity index is 1.47. The van der Waals surface area contributed by atoms with Crippen LogP contribution in [0, 0.1) is 5.92 Å². The van der Waals surface area contributed by atoms with Crippen molar-refractivity contribution in [2.45, 2.75) is 62.7 Å². The van der Waals surface area contributed by atoms with Crippen molar-refractivity contribution in [2.75, 3.05) is 13.6 Å². The predicted octanol–water partition coefficient (Wildman–Crippen LogP) is 3.24. The van der Waals surface area contributed by atoms with Crippen molar-refractivity contribution in [1.29, 1.82) is 0 Å². The van der Waals surface area contributed by atoms with Gasteiger partial charge in [-0.15, -0.1) is 0 Å². The Bertz CT molecular complexity index is 638. The molecule has 1 aliphatic heterocycles. The summed E-state index contributed by atoms with van der Waals surface area (Å²) in [6.45, 7) is 0.395. The van der Waals surface area contributed by atoms with E-state index in [-0.39, 0.29) is 17.7 Å². The lowest BCUT2D eigenvalue weighted by atomic mass is 9.86. The Hall–Kier alpha value is -1.75. The SMILES string of the molecule is CN(CC(O)C1CC1)C(=O)NC1CC2(CCCC2)Oc2ccccc21. The molecule has 25 heavy (non-hydrogen) atoms. The lowest BCUT2D eigenvalue weighted by Gasteiger charge is -2.40. The highest BCUT2D eigenvalue weighted by molar-refractivity contribution is 5.74. The van der Waals surface area contributed by atoms with E-state index in [1.54, 1.807) is 11.9 Å². The first-order valence-electron chi connectivity index (χ1n) is 9.54. The van der Waals surface area contributed by atoms with E-state index < -0.39 is 6.10 Å². The van der Waals surface area contributed by atoms with Crippen molar-refractivity contribution in [1.82, 2.24) is 10.2 Å². The molecule has 1 aromatic rings. The van der Waals surface area contributed by atoms with Crippen molar-refractivity contribution in [3.05, 3.63) is 29.8 Å². The van der Waals surface area contributed by atoms with Crippen LogP contribution in [0.1, 0.15) is 56.6 Å². The maximum Gasteiger partial charge on any atom is 0.317 e. The van der Waals surface area contributed by atoms with Crippen LogP contribution in [-0.4, -0.2) is 41.3 Å². The minimum Gasteiger partial charge on any atom is -0.487 e. The molecule has 0 saturated heterocycles. The zero-order valence-corrected chi connectivity index (χ0v) is 14.9. The van der Waals surface area contributed by atoms with Gasteiger partial charge in [-0.25, -0.2) is 4.79 Å². The molecular formula is C20H28N2O3. The number of amides is 2. The number of urea groups is 1. The van der Waals surface area contributed by atoms with E-state index in [0.717, 1.165) is 43.4 Å². The van der Waals surface area contributed by atoms with Gasteiger partial charge in [0.2, 0.25) is 0 Å². The molecule has 2 fully saturated rings. The van der Waals surface area contributed by atoms with Gasteiger partial charge in [-0.2, -0.15) is 0 Å². The van der Waals surface area contributed by atoms with Crippen molar-refractivity contribution >= 4 is 6.03 Å². The first kappa shape index (κ1) is 16.7. The van der Waals surface area contributed by atoms with Crippen LogP contribution < -0.4 is 10.1 Å². The van der Waals surface area contributed by atoms with Crippen LogP contribution in [0.3, 0.4) is 0 Å². The second-order valence-electron chi connectivity index (χ2n) is 8.02. The number of nitrogens with zero attached hydrogens (tertiary/aromatic N) is 1. The topological polar surface area (TPSA) is 61.8 Å². The molecule has 0 radical (unpaired) electrons. The Morgan fingerprint density at radius 3 is 2.80 bits per heavy atom. The number of carbonyl (C=O) groups is 1. The van der Waals surface area contributed by atoms with E-state index in [9.17, 15) is 9.90 Å². The molecule has 1 spiro atoms. The summed E-state index contributed by atoms with van der Waals surface area (Å²) in [6, 6.07) is 7.89. The van der Waals surface area contributed by atoms with Gasteiger partial charge in [0.1, 0.15) is 11.4 Å². The fourth-order valence-electron chi connectivity index (χ4n) is 4.33. The molecule has 2 aliphatic carbocycles. The third-order valence-electron chi connectivity index (χ3n) is 5.98. The number of ether oxygens (including phenoxy) is 1. The Morgan fingerprint density at radius 2 is 2.08 bits per heavy atom. The van der Waals surface area contributed by atoms with Crippen LogP contribution in [0.5, 0.6) is 5.75 Å². The Morgan fingerprint density at radius 1 is 1.36 bits per heavy atom. The minimum atomic E-state index is -0.404. The van der Waals surface area contributed by atoms with E-state index in [4.69, 9.17) is 4.74 Å². The number of aliphatic hydroxyl groups excluding tert-OH is 1. The summed E-state index contributed by atoms with van der Waals surface area (Å²) < 4.78 is 6.35. The fourth-order valence-corrected chi connectivity index (χ4v) is 4.33. The first-order valence-corrected chi connectivity index (χ1v) is 9.54. The first-order chi connectivity index (χ1) is 12.1. The monoisotopic (exact) mass is 344 g/mol. The van der Waals surface area contributed by atoms with E-state index >= 15 is 0 Å². The molecule has 0 aromatic heterocycles. The van der Waals surface area contributed by atoms with Crippen LogP contribution >= 0.6 is 0 Å². The molecule has 3 aliphatic rings. The van der Waals surface area contributed by atoms with E-state index in [2.05, 4.69) is 5.32 Å². The molecule has 1 aromatic carbocycles. The molecule has 2 unspecified atom stereocenters. The van der Waals surface area contributed by atoms with Crippen molar-refractivity contribution in [3.8, 4) is 5.75 Å². The quantitative estimate of drug-likeness (QED) is 0.881. The highest BCUT2D eigenvalue weighted by Crippen LogP contribution is 2.47. The van der Waals surface area contributed by atoms with Crippen molar-refractivity contribution in [3.63, 3.8) is 0 Å². The lowest BCUT2D eigenvalue weighted by molar-refractivity contribution is 0.0371. The summed E-state index contributed by atoms with van der Waals surface area (Å²) in [5.41, 5.74) is 0.933. The molecule has 2 saturated carbocycles. The number of para-hydroxylation sites is 1. The van der Waals surface area contributed by atoms with E-state index in [1.807, 2.05) is 24.3 Å². The van der Waals surface area contributed by atoms with Crippen LogP contribution in [-0.2, 0) is 0 Å². The molecule has 5 nitrogen and oxygen atoms in total. The predicted molar refractivity (Wildman–Crippen MR) is 95.5 cm³/mol. The summed E-state index contributed by atoms with van der Waals surface area (Å²) in [6.07, 6.45) is 7.08. The van der Waals surface area contributed by atoms with E-state index in [1.165, 1.54) is 12.8 Å². The maximum absolute atomic E-state index is 12.7. The molecule has 0 bridgehead atoms. The Labute approximate surface area is 149 Å². The molecule has 4 rings (SSSR count). The molecule has 2 amide bonds. The van der Waals surface area contributed by atoms with Crippen LogP contribution in [0.15, 0.2) is 24.3 Å². The van der Waals surface area contributed by atoms with Gasteiger partial charge in [0, 0.05) is 25.6 Å². The van der Waals surface area contributed by atoms with Gasteiger partial charge in [0.05, 0.1) is 12.1 Å². The van der Waals surface area contributed by atoms with Gasteiger partial charge in [0.25, 0.3) is 0 Å². The van der Waals surface area contributed by atoms with Crippen LogP contribution in [0.25, 0.3) is 0 Å². The molecule has 5 heteroatoms. The highest BCUT2D eigenvalue weighted by Gasteiger charge is 2.43. The molecule has 2 atom stereocenters. The van der Waals surface area contributed by atoms with Crippen LogP contribution in [0.4, 0.5) is 4.79 Å².